The van der Waals surface area contributed by atoms with Crippen LogP contribution >= 0.6 is 0 Å². The van der Waals surface area contributed by atoms with Gasteiger partial charge in [0.15, 0.2) is 0 Å². The second kappa shape index (κ2) is 5.26. The van der Waals surface area contributed by atoms with Gasteiger partial charge >= 0.3 is 0 Å². The SMILES string of the molecule is O=C(c1cccc2ccccc12)N1CC[C@H](n2ccnn2)C1. The highest BCUT2D eigenvalue weighted by Gasteiger charge is 2.29. The lowest BCUT2D eigenvalue weighted by Gasteiger charge is -2.17. The van der Waals surface area contributed by atoms with Crippen molar-refractivity contribution in [1.82, 2.24) is 19.9 Å². The molecule has 22 heavy (non-hydrogen) atoms. The van der Waals surface area contributed by atoms with E-state index in [1.807, 2.05) is 58.2 Å². The Labute approximate surface area is 128 Å². The minimum Gasteiger partial charge on any atom is -0.336 e. The van der Waals surface area contributed by atoms with Gasteiger partial charge in [-0.05, 0) is 23.3 Å². The Bertz CT molecular complexity index is 807. The molecule has 0 aliphatic carbocycles. The zero-order valence-corrected chi connectivity index (χ0v) is 12.1. The van der Waals surface area contributed by atoms with Crippen LogP contribution < -0.4 is 0 Å². The van der Waals surface area contributed by atoms with Crippen molar-refractivity contribution in [2.45, 2.75) is 12.5 Å². The Hall–Kier alpha value is -2.69. The van der Waals surface area contributed by atoms with Crippen LogP contribution in [0.1, 0.15) is 22.8 Å². The predicted molar refractivity (Wildman–Crippen MR) is 83.5 cm³/mol. The molecule has 1 aliphatic heterocycles. The fraction of sp³-hybridized carbons (Fsp3) is 0.235. The molecule has 0 saturated carbocycles. The van der Waals surface area contributed by atoms with E-state index < -0.39 is 0 Å². The Morgan fingerprint density at radius 1 is 1.14 bits per heavy atom. The maximum atomic E-state index is 12.9. The number of hydrogen-bond donors (Lipinski definition) is 0. The van der Waals surface area contributed by atoms with Gasteiger partial charge in [-0.3, -0.25) is 4.79 Å². The number of carbonyl (C=O) groups is 1. The number of aromatic nitrogens is 3. The lowest BCUT2D eigenvalue weighted by Crippen LogP contribution is -2.29. The monoisotopic (exact) mass is 292 g/mol. The molecule has 110 valence electrons. The maximum Gasteiger partial charge on any atom is 0.254 e. The van der Waals surface area contributed by atoms with Crippen LogP contribution in [0.4, 0.5) is 0 Å². The van der Waals surface area contributed by atoms with E-state index in [2.05, 4.69) is 10.3 Å². The smallest absolute Gasteiger partial charge is 0.254 e. The molecular weight excluding hydrogens is 276 g/mol. The maximum absolute atomic E-state index is 12.9. The molecule has 0 radical (unpaired) electrons. The molecule has 3 aromatic rings. The molecule has 0 bridgehead atoms. The summed E-state index contributed by atoms with van der Waals surface area (Å²) < 4.78 is 1.84. The molecule has 1 fully saturated rings. The molecule has 5 heteroatoms. The molecule has 1 aromatic heterocycles. The quantitative estimate of drug-likeness (QED) is 0.729. The number of fused-ring (bicyclic) bond motifs is 1. The van der Waals surface area contributed by atoms with Crippen molar-refractivity contribution in [3.8, 4) is 0 Å². The first kappa shape index (κ1) is 13.0. The number of nitrogens with zero attached hydrogens (tertiary/aromatic N) is 4. The number of benzene rings is 2. The number of amides is 1. The molecule has 1 atom stereocenters. The average molecular weight is 292 g/mol. The van der Waals surface area contributed by atoms with Crippen molar-refractivity contribution in [2.24, 2.45) is 0 Å². The van der Waals surface area contributed by atoms with Gasteiger partial charge in [0.05, 0.1) is 12.2 Å². The van der Waals surface area contributed by atoms with E-state index in [4.69, 9.17) is 0 Å². The molecule has 0 unspecified atom stereocenters. The fourth-order valence-corrected chi connectivity index (χ4v) is 3.14. The van der Waals surface area contributed by atoms with Gasteiger partial charge in [0.1, 0.15) is 0 Å². The first-order valence-electron chi connectivity index (χ1n) is 7.46. The highest BCUT2D eigenvalue weighted by molar-refractivity contribution is 6.07. The number of rotatable bonds is 2. The zero-order chi connectivity index (χ0) is 14.9. The van der Waals surface area contributed by atoms with Gasteiger partial charge in [0, 0.05) is 24.8 Å². The summed E-state index contributed by atoms with van der Waals surface area (Å²) in [4.78, 5) is 14.8. The van der Waals surface area contributed by atoms with Crippen LogP contribution in [0.2, 0.25) is 0 Å². The predicted octanol–water partition coefficient (Wildman–Crippen LogP) is 2.52. The standard InChI is InChI=1S/C17H16N4O/c22-17(16-7-3-5-13-4-1-2-6-15(13)16)20-10-8-14(12-20)21-11-9-18-19-21/h1-7,9,11,14H,8,10,12H2/t14-/m0/s1. The van der Waals surface area contributed by atoms with Crippen LogP contribution in [0.15, 0.2) is 54.9 Å². The lowest BCUT2D eigenvalue weighted by molar-refractivity contribution is 0.0789. The van der Waals surface area contributed by atoms with Gasteiger partial charge in [0.2, 0.25) is 0 Å². The first-order valence-corrected chi connectivity index (χ1v) is 7.46. The van der Waals surface area contributed by atoms with Crippen LogP contribution in [0.3, 0.4) is 0 Å². The van der Waals surface area contributed by atoms with E-state index in [1.165, 1.54) is 0 Å². The van der Waals surface area contributed by atoms with Crippen LogP contribution in [-0.4, -0.2) is 38.9 Å². The topological polar surface area (TPSA) is 51.0 Å². The third kappa shape index (κ3) is 2.15. The molecule has 1 saturated heterocycles. The summed E-state index contributed by atoms with van der Waals surface area (Å²) in [6, 6.07) is 14.1. The van der Waals surface area contributed by atoms with Crippen molar-refractivity contribution >= 4 is 16.7 Å². The van der Waals surface area contributed by atoms with Crippen molar-refractivity contribution in [3.05, 3.63) is 60.4 Å². The molecule has 0 N–H and O–H groups in total. The van der Waals surface area contributed by atoms with Gasteiger partial charge in [-0.15, -0.1) is 5.10 Å². The lowest BCUT2D eigenvalue weighted by atomic mass is 10.0. The summed E-state index contributed by atoms with van der Waals surface area (Å²) >= 11 is 0. The second-order valence-electron chi connectivity index (χ2n) is 5.60. The summed E-state index contributed by atoms with van der Waals surface area (Å²) in [5.74, 6) is 0.0967. The van der Waals surface area contributed by atoms with Gasteiger partial charge in [-0.25, -0.2) is 4.68 Å². The molecule has 1 aliphatic rings. The highest BCUT2D eigenvalue weighted by Crippen LogP contribution is 2.25. The molecule has 1 amide bonds. The first-order chi connectivity index (χ1) is 10.8. The van der Waals surface area contributed by atoms with Crippen molar-refractivity contribution in [1.29, 1.82) is 0 Å². The fourth-order valence-electron chi connectivity index (χ4n) is 3.14. The summed E-state index contributed by atoms with van der Waals surface area (Å²) in [7, 11) is 0. The van der Waals surface area contributed by atoms with Crippen LogP contribution in [0.5, 0.6) is 0 Å². The average Bonchev–Trinajstić information content (AvgIpc) is 3.24. The van der Waals surface area contributed by atoms with Gasteiger partial charge in [-0.1, -0.05) is 41.6 Å². The summed E-state index contributed by atoms with van der Waals surface area (Å²) in [6.45, 7) is 1.44. The number of carbonyl (C=O) groups excluding carboxylic acids is 1. The molecule has 2 heterocycles. The van der Waals surface area contributed by atoms with Crippen molar-refractivity contribution in [3.63, 3.8) is 0 Å². The number of hydrogen-bond acceptors (Lipinski definition) is 3. The third-order valence-electron chi connectivity index (χ3n) is 4.29. The molecule has 5 nitrogen and oxygen atoms in total. The minimum absolute atomic E-state index is 0.0967. The van der Waals surface area contributed by atoms with Crippen molar-refractivity contribution in [2.75, 3.05) is 13.1 Å². The molecule has 4 rings (SSSR count). The Morgan fingerprint density at radius 3 is 2.86 bits per heavy atom. The van der Waals surface area contributed by atoms with Gasteiger partial charge < -0.3 is 4.90 Å². The van der Waals surface area contributed by atoms with Crippen LogP contribution in [0.25, 0.3) is 10.8 Å². The van der Waals surface area contributed by atoms with Gasteiger partial charge in [0.25, 0.3) is 5.91 Å². The second-order valence-corrected chi connectivity index (χ2v) is 5.60. The summed E-state index contributed by atoms with van der Waals surface area (Å²) in [5.41, 5.74) is 0.775. The Kier molecular flexibility index (Phi) is 3.11. The van der Waals surface area contributed by atoms with E-state index in [9.17, 15) is 4.79 Å². The van der Waals surface area contributed by atoms with E-state index in [-0.39, 0.29) is 11.9 Å². The van der Waals surface area contributed by atoms with E-state index >= 15 is 0 Å². The zero-order valence-electron chi connectivity index (χ0n) is 12.1. The van der Waals surface area contributed by atoms with Crippen LogP contribution in [-0.2, 0) is 0 Å². The van der Waals surface area contributed by atoms with Gasteiger partial charge in [-0.2, -0.15) is 0 Å². The largest absolute Gasteiger partial charge is 0.336 e. The Morgan fingerprint density at radius 2 is 2.00 bits per heavy atom. The van der Waals surface area contributed by atoms with Crippen LogP contribution in [0, 0.1) is 0 Å². The van der Waals surface area contributed by atoms with E-state index in [0.29, 0.717) is 6.54 Å². The minimum atomic E-state index is 0.0967. The summed E-state index contributed by atoms with van der Waals surface area (Å²) in [5, 5.41) is 10.00. The molecule has 0 spiro atoms. The summed E-state index contributed by atoms with van der Waals surface area (Å²) in [6.07, 6.45) is 4.45. The highest BCUT2D eigenvalue weighted by atomic mass is 16.2. The van der Waals surface area contributed by atoms with Crippen molar-refractivity contribution < 1.29 is 4.79 Å². The third-order valence-corrected chi connectivity index (χ3v) is 4.29. The van der Waals surface area contributed by atoms with E-state index in [0.717, 1.165) is 29.3 Å². The number of likely N-dealkylation sites (tertiary alicyclic amines) is 1. The normalized spacial score (nSPS) is 18.0. The molecule has 2 aromatic carbocycles. The molecular formula is C17H16N4O. The van der Waals surface area contributed by atoms with E-state index in [1.54, 1.807) is 6.20 Å². The Balaban J connectivity index is 1.62.